The highest BCUT2D eigenvalue weighted by atomic mass is 32.2. The number of carbonyl (C=O) groups is 2. The number of aliphatic hydroxyl groups excluding tert-OH is 2. The van der Waals surface area contributed by atoms with E-state index in [0.29, 0.717) is 6.54 Å². The Morgan fingerprint density at radius 2 is 2.12 bits per heavy atom. The molecule has 94 valence electrons. The number of hydrogen-bond acceptors (Lipinski definition) is 5. The molecule has 0 aromatic heterocycles. The molecule has 0 fully saturated rings. The van der Waals surface area contributed by atoms with E-state index in [9.17, 15) is 9.59 Å². The van der Waals surface area contributed by atoms with Gasteiger partial charge in [-0.1, -0.05) is 6.92 Å². The van der Waals surface area contributed by atoms with Crippen molar-refractivity contribution >= 4 is 23.7 Å². The van der Waals surface area contributed by atoms with Crippen molar-refractivity contribution in [3.05, 3.63) is 0 Å². The van der Waals surface area contributed by atoms with E-state index in [1.54, 1.807) is 0 Å². The van der Waals surface area contributed by atoms with Crippen LogP contribution in [-0.2, 0) is 4.79 Å². The third-order valence-corrected chi connectivity index (χ3v) is 2.63. The maximum Gasteiger partial charge on any atom is 0.321 e. The summed E-state index contributed by atoms with van der Waals surface area (Å²) in [6.45, 7) is 2.11. The summed E-state index contributed by atoms with van der Waals surface area (Å²) in [5.41, 5.74) is 0. The van der Waals surface area contributed by atoms with E-state index in [0.717, 1.165) is 18.2 Å². The van der Waals surface area contributed by atoms with Gasteiger partial charge in [0.1, 0.15) is 0 Å². The molecule has 0 aliphatic carbocycles. The Labute approximate surface area is 98.8 Å². The molecule has 0 aliphatic rings. The van der Waals surface area contributed by atoms with Crippen LogP contribution in [0.4, 0.5) is 4.79 Å². The molecule has 0 bridgehead atoms. The number of nitrogens with one attached hydrogen (secondary N) is 2. The van der Waals surface area contributed by atoms with Gasteiger partial charge in [0.2, 0.25) is 5.91 Å². The molecular formula is C9H18N2O4S. The van der Waals surface area contributed by atoms with Crippen LogP contribution in [0.3, 0.4) is 0 Å². The van der Waals surface area contributed by atoms with Crippen molar-refractivity contribution < 1.29 is 19.8 Å². The van der Waals surface area contributed by atoms with Gasteiger partial charge in [0.15, 0.2) is 0 Å². The second-order valence-electron chi connectivity index (χ2n) is 3.16. The fourth-order valence-corrected chi connectivity index (χ4v) is 1.54. The van der Waals surface area contributed by atoms with E-state index < -0.39 is 18.0 Å². The minimum absolute atomic E-state index is 0.0800. The fraction of sp³-hybridized carbons (Fsp3) is 0.778. The van der Waals surface area contributed by atoms with Crippen LogP contribution in [0.2, 0.25) is 0 Å². The van der Waals surface area contributed by atoms with Crippen molar-refractivity contribution in [3.63, 3.8) is 0 Å². The molecule has 0 saturated carbocycles. The molecule has 0 saturated heterocycles. The lowest BCUT2D eigenvalue weighted by atomic mass is 10.4. The van der Waals surface area contributed by atoms with Gasteiger partial charge in [-0.15, -0.1) is 11.8 Å². The monoisotopic (exact) mass is 250 g/mol. The van der Waals surface area contributed by atoms with Gasteiger partial charge in [0, 0.05) is 12.3 Å². The van der Waals surface area contributed by atoms with Crippen molar-refractivity contribution in [1.29, 1.82) is 0 Å². The first kappa shape index (κ1) is 15.2. The van der Waals surface area contributed by atoms with Gasteiger partial charge >= 0.3 is 6.03 Å². The van der Waals surface area contributed by atoms with Crippen LogP contribution in [0.1, 0.15) is 13.3 Å². The summed E-state index contributed by atoms with van der Waals surface area (Å²) in [5.74, 6) is -0.0689. The highest BCUT2D eigenvalue weighted by molar-refractivity contribution is 7.99. The lowest BCUT2D eigenvalue weighted by molar-refractivity contribution is -0.117. The normalized spacial score (nSPS) is 11.9. The van der Waals surface area contributed by atoms with Gasteiger partial charge in [-0.3, -0.25) is 10.1 Å². The van der Waals surface area contributed by atoms with Crippen LogP contribution in [-0.4, -0.2) is 52.9 Å². The summed E-state index contributed by atoms with van der Waals surface area (Å²) in [6, 6.07) is -0.504. The van der Waals surface area contributed by atoms with Gasteiger partial charge in [-0.05, 0) is 6.42 Å². The number of aliphatic hydroxyl groups is 2. The molecule has 16 heavy (non-hydrogen) atoms. The number of urea groups is 1. The largest absolute Gasteiger partial charge is 0.394 e. The number of carbonyl (C=O) groups excluding carboxylic acids is 2. The minimum Gasteiger partial charge on any atom is -0.394 e. The van der Waals surface area contributed by atoms with Gasteiger partial charge in [-0.2, -0.15) is 0 Å². The van der Waals surface area contributed by atoms with Crippen LogP contribution in [0.15, 0.2) is 0 Å². The molecule has 0 aliphatic heterocycles. The third-order valence-electron chi connectivity index (χ3n) is 1.54. The summed E-state index contributed by atoms with van der Waals surface area (Å²) < 4.78 is 0. The van der Waals surface area contributed by atoms with E-state index in [2.05, 4.69) is 10.6 Å². The second kappa shape index (κ2) is 9.44. The predicted octanol–water partition coefficient (Wildman–Crippen LogP) is -0.691. The van der Waals surface area contributed by atoms with E-state index in [-0.39, 0.29) is 18.1 Å². The topological polar surface area (TPSA) is 98.7 Å². The molecule has 0 heterocycles. The number of rotatable bonds is 7. The second-order valence-corrected chi connectivity index (χ2v) is 4.19. The Morgan fingerprint density at radius 1 is 1.44 bits per heavy atom. The third kappa shape index (κ3) is 8.51. The van der Waals surface area contributed by atoms with Gasteiger partial charge < -0.3 is 15.5 Å². The molecule has 0 spiro atoms. The van der Waals surface area contributed by atoms with E-state index in [1.807, 2.05) is 6.92 Å². The molecule has 0 aromatic rings. The quantitative estimate of drug-likeness (QED) is 0.479. The van der Waals surface area contributed by atoms with Crippen LogP contribution in [0.5, 0.6) is 0 Å². The predicted molar refractivity (Wildman–Crippen MR) is 62.3 cm³/mol. The molecule has 1 atom stereocenters. The SMILES string of the molecule is CCCNC(=O)NC(=O)CSCC(O)CO. The number of hydrogen-bond donors (Lipinski definition) is 4. The number of imide groups is 1. The summed E-state index contributed by atoms with van der Waals surface area (Å²) in [6.07, 6.45) is -0.0225. The summed E-state index contributed by atoms with van der Waals surface area (Å²) in [5, 5.41) is 22.2. The fourth-order valence-electron chi connectivity index (χ4n) is 0.786. The first-order chi connectivity index (χ1) is 7.60. The highest BCUT2D eigenvalue weighted by Crippen LogP contribution is 2.01. The summed E-state index contributed by atoms with van der Waals surface area (Å²) in [4.78, 5) is 22.2. The molecule has 0 radical (unpaired) electrons. The molecule has 0 rings (SSSR count). The van der Waals surface area contributed by atoms with Crippen molar-refractivity contribution in [3.8, 4) is 0 Å². The molecule has 7 heteroatoms. The Kier molecular flexibility index (Phi) is 8.97. The van der Waals surface area contributed by atoms with Crippen molar-refractivity contribution in [2.45, 2.75) is 19.4 Å². The molecule has 3 amide bonds. The smallest absolute Gasteiger partial charge is 0.321 e. The van der Waals surface area contributed by atoms with E-state index >= 15 is 0 Å². The average molecular weight is 250 g/mol. The first-order valence-electron chi connectivity index (χ1n) is 5.04. The number of amides is 3. The first-order valence-corrected chi connectivity index (χ1v) is 6.20. The molecule has 0 aromatic carbocycles. The van der Waals surface area contributed by atoms with Crippen LogP contribution < -0.4 is 10.6 Å². The van der Waals surface area contributed by atoms with E-state index in [4.69, 9.17) is 10.2 Å². The summed E-state index contributed by atoms with van der Waals surface area (Å²) in [7, 11) is 0. The Morgan fingerprint density at radius 3 is 2.69 bits per heavy atom. The van der Waals surface area contributed by atoms with Crippen molar-refractivity contribution in [2.24, 2.45) is 0 Å². The standard InChI is InChI=1S/C9H18N2O4S/c1-2-3-10-9(15)11-8(14)6-16-5-7(13)4-12/h7,12-13H,2-6H2,1H3,(H2,10,11,14,15). The zero-order valence-electron chi connectivity index (χ0n) is 9.23. The minimum atomic E-state index is -0.827. The number of thioether (sulfide) groups is 1. The maximum atomic E-state index is 11.1. The van der Waals surface area contributed by atoms with Crippen LogP contribution in [0, 0.1) is 0 Å². The molecule has 4 N–H and O–H groups in total. The summed E-state index contributed by atoms with van der Waals surface area (Å²) >= 11 is 1.16. The lowest BCUT2D eigenvalue weighted by Gasteiger charge is -2.07. The highest BCUT2D eigenvalue weighted by Gasteiger charge is 2.08. The van der Waals surface area contributed by atoms with Gasteiger partial charge in [0.05, 0.1) is 18.5 Å². The maximum absolute atomic E-state index is 11.1. The Hall–Kier alpha value is -0.790. The van der Waals surface area contributed by atoms with Crippen molar-refractivity contribution in [1.82, 2.24) is 10.6 Å². The van der Waals surface area contributed by atoms with Gasteiger partial charge in [-0.25, -0.2) is 4.79 Å². The van der Waals surface area contributed by atoms with Crippen molar-refractivity contribution in [2.75, 3.05) is 24.7 Å². The Balaban J connectivity index is 3.54. The zero-order valence-corrected chi connectivity index (χ0v) is 10.0. The van der Waals surface area contributed by atoms with Crippen LogP contribution >= 0.6 is 11.8 Å². The van der Waals surface area contributed by atoms with Gasteiger partial charge in [0.25, 0.3) is 0 Å². The zero-order chi connectivity index (χ0) is 12.4. The Bertz CT molecular complexity index is 226. The molecular weight excluding hydrogens is 232 g/mol. The molecule has 1 unspecified atom stereocenters. The molecule has 6 nitrogen and oxygen atoms in total. The van der Waals surface area contributed by atoms with E-state index in [1.165, 1.54) is 0 Å². The van der Waals surface area contributed by atoms with Crippen LogP contribution in [0.25, 0.3) is 0 Å². The average Bonchev–Trinajstić information content (AvgIpc) is 2.25. The lowest BCUT2D eigenvalue weighted by Crippen LogP contribution is -2.40.